The van der Waals surface area contributed by atoms with Crippen molar-refractivity contribution in [1.29, 1.82) is 0 Å². The number of hydrogen-bond acceptors (Lipinski definition) is 28. The van der Waals surface area contributed by atoms with Crippen molar-refractivity contribution >= 4 is 131 Å². The Morgan fingerprint density at radius 3 is 1.41 bits per heavy atom. The largest absolute Gasteiger partial charge is 0.371 e. The van der Waals surface area contributed by atoms with Gasteiger partial charge in [0.1, 0.15) is 35.2 Å². The number of nitrogens with two attached hydrogens (primary N) is 2. The Labute approximate surface area is 721 Å². The molecule has 18 rings (SSSR count). The van der Waals surface area contributed by atoms with Crippen LogP contribution in [0.3, 0.4) is 0 Å². The fraction of sp³-hybridized carbons (Fsp3) is 0.483. The number of benzene rings is 4. The van der Waals surface area contributed by atoms with Crippen LogP contribution in [0.2, 0.25) is 0 Å². The van der Waals surface area contributed by atoms with Crippen molar-refractivity contribution in [1.82, 2.24) is 61.2 Å². The number of carbonyl (C=O) groups is 13. The molecule has 12 aliphatic heterocycles. The molecule has 4 aromatic carbocycles. The van der Waals surface area contributed by atoms with Gasteiger partial charge in [-0.3, -0.25) is 87.7 Å². The van der Waals surface area contributed by atoms with Gasteiger partial charge in [-0.25, -0.2) is 36.8 Å². The monoisotopic (exact) mass is 1750 g/mol. The van der Waals surface area contributed by atoms with Gasteiger partial charge >= 0.3 is 0 Å². The summed E-state index contributed by atoms with van der Waals surface area (Å²) in [6.45, 7) is 5.34. The summed E-state index contributed by atoms with van der Waals surface area (Å²) < 4.78 is 47.4. The smallest absolute Gasteiger partial charge is 0.271 e. The van der Waals surface area contributed by atoms with Crippen LogP contribution in [0.25, 0.3) is 0 Å². The van der Waals surface area contributed by atoms with Crippen LogP contribution in [0.15, 0.2) is 107 Å². The zero-order valence-electron chi connectivity index (χ0n) is 69.4. The van der Waals surface area contributed by atoms with E-state index in [1.165, 1.54) is 30.5 Å². The van der Waals surface area contributed by atoms with Gasteiger partial charge in [-0.15, -0.1) is 0 Å². The summed E-state index contributed by atoms with van der Waals surface area (Å²) in [4.78, 5) is 194. The summed E-state index contributed by atoms with van der Waals surface area (Å²) in [7, 11) is -6.68. The molecular weight excluding hydrogens is 1650 g/mol. The van der Waals surface area contributed by atoms with Gasteiger partial charge in [-0.05, 0) is 181 Å². The third-order valence-electron chi connectivity index (χ3n) is 26.3. The molecule has 125 heavy (non-hydrogen) atoms. The Balaban J connectivity index is 0.000000154. The number of rotatable bonds is 19. The number of sulfone groups is 2. The van der Waals surface area contributed by atoms with E-state index in [0.29, 0.717) is 98.8 Å². The zero-order chi connectivity index (χ0) is 88.0. The SMILES string of the molecule is CS(=O)(=O)c1ccc(Cc2nc(N3CCC[C@@H](NC(=O)C4CC5CCC(C4)N5C4CCN(c5ccc6c(c5)C(=O)N(C5CCC(=O)NC5=O)C6=O)CC4)C3)cnc2C(N)=O)cc1.CS(=O)(=O)c1ccc(Nc2nc(N3CCC[C@@H](NC(=O)C4CC5CCC(C4)N5)C3)cnc2C(N)=O)cc1.O=C1CCN(c2ccc3c(c2)C(=O)N(C2CCC(=O)NC2=O)C3=O)CC1. The third kappa shape index (κ3) is 18.9. The Bertz CT molecular complexity index is 5580. The van der Waals surface area contributed by atoms with E-state index in [4.69, 9.17) is 16.5 Å². The van der Waals surface area contributed by atoms with Crippen molar-refractivity contribution in [3.8, 4) is 0 Å². The number of anilines is 6. The molecule has 14 heterocycles. The van der Waals surface area contributed by atoms with Crippen LogP contribution in [0.5, 0.6) is 0 Å². The van der Waals surface area contributed by atoms with Gasteiger partial charge in [0, 0.05) is 168 Å². The lowest BCUT2D eigenvalue weighted by Gasteiger charge is -2.46. The Kier molecular flexibility index (Phi) is 24.8. The van der Waals surface area contributed by atoms with Crippen LogP contribution in [0.4, 0.5) is 34.5 Å². The van der Waals surface area contributed by atoms with E-state index >= 15 is 0 Å². The molecule has 10 saturated heterocycles. The molecule has 12 amide bonds. The molecule has 36 nitrogen and oxygen atoms in total. The molecule has 10 N–H and O–H groups in total. The zero-order valence-corrected chi connectivity index (χ0v) is 71.1. The average Bonchev–Trinajstić information content (AvgIpc) is 1.59. The Morgan fingerprint density at radius 1 is 0.472 bits per heavy atom. The number of carbonyl (C=O) groups excluding carboxylic acids is 13. The summed E-state index contributed by atoms with van der Waals surface area (Å²) in [5.74, 6) is -3.72. The number of imide groups is 4. The molecule has 6 unspecified atom stereocenters. The highest BCUT2D eigenvalue weighted by Crippen LogP contribution is 2.44. The summed E-state index contributed by atoms with van der Waals surface area (Å²) in [5.41, 5.74) is 15.7. The molecule has 0 spiro atoms. The quantitative estimate of drug-likeness (QED) is 0.0537. The molecule has 10 fully saturated rings. The van der Waals surface area contributed by atoms with E-state index in [0.717, 1.165) is 149 Å². The van der Waals surface area contributed by atoms with Gasteiger partial charge in [0.25, 0.3) is 35.4 Å². The minimum Gasteiger partial charge on any atom is -0.371 e. The first-order valence-electron chi connectivity index (χ1n) is 42.9. The van der Waals surface area contributed by atoms with Gasteiger partial charge < -0.3 is 52.3 Å². The maximum absolute atomic E-state index is 13.9. The van der Waals surface area contributed by atoms with Gasteiger partial charge in [-0.2, -0.15) is 0 Å². The van der Waals surface area contributed by atoms with Crippen molar-refractivity contribution in [2.45, 2.75) is 199 Å². The first-order valence-corrected chi connectivity index (χ1v) is 46.7. The second kappa shape index (κ2) is 35.9. The minimum absolute atomic E-state index is 0.00588. The predicted octanol–water partition coefficient (Wildman–Crippen LogP) is 3.56. The summed E-state index contributed by atoms with van der Waals surface area (Å²) in [5, 5.41) is 17.7. The molecule has 658 valence electrons. The first-order chi connectivity index (χ1) is 59.8. The highest BCUT2D eigenvalue weighted by Gasteiger charge is 2.50. The molecule has 0 aliphatic carbocycles. The van der Waals surface area contributed by atoms with Crippen molar-refractivity contribution < 1.29 is 79.2 Å². The molecule has 4 bridgehead atoms. The summed E-state index contributed by atoms with van der Waals surface area (Å²) >= 11 is 0. The maximum atomic E-state index is 13.9. The van der Waals surface area contributed by atoms with Gasteiger partial charge in [-0.1, -0.05) is 12.1 Å². The highest BCUT2D eigenvalue weighted by molar-refractivity contribution is 7.91. The molecular formula is C87H101N19O17S2. The number of Topliss-reactive ketones (excluding diaryl/α,β-unsaturated/α-hetero) is 1. The van der Waals surface area contributed by atoms with E-state index in [1.54, 1.807) is 60.8 Å². The van der Waals surface area contributed by atoms with Crippen LogP contribution in [-0.4, -0.2) is 247 Å². The number of hydrogen-bond donors (Lipinski definition) is 8. The number of nitrogens with one attached hydrogen (secondary N) is 6. The molecule has 0 saturated carbocycles. The first kappa shape index (κ1) is 86.5. The lowest BCUT2D eigenvalue weighted by Crippen LogP contribution is -2.55. The number of fused-ring (bicyclic) bond motifs is 6. The number of nitrogens with zero attached hydrogens (tertiary/aromatic N) is 11. The highest BCUT2D eigenvalue weighted by atomic mass is 32.2. The number of primary amides is 2. The van der Waals surface area contributed by atoms with Crippen LogP contribution >= 0.6 is 0 Å². The lowest BCUT2D eigenvalue weighted by molar-refractivity contribution is -0.137. The van der Waals surface area contributed by atoms with E-state index in [2.05, 4.69) is 66.5 Å². The van der Waals surface area contributed by atoms with Crippen molar-refractivity contribution in [3.05, 3.63) is 142 Å². The van der Waals surface area contributed by atoms with Crippen LogP contribution in [0, 0.1) is 11.8 Å². The fourth-order valence-corrected chi connectivity index (χ4v) is 21.2. The molecule has 6 aromatic rings. The molecule has 8 atom stereocenters. The van der Waals surface area contributed by atoms with Crippen molar-refractivity contribution in [2.24, 2.45) is 23.3 Å². The van der Waals surface area contributed by atoms with E-state index in [1.807, 2.05) is 11.0 Å². The van der Waals surface area contributed by atoms with Crippen LogP contribution < -0.4 is 63.0 Å². The molecule has 38 heteroatoms. The molecule has 2 aromatic heterocycles. The van der Waals surface area contributed by atoms with Gasteiger partial charge in [0.15, 0.2) is 31.2 Å². The normalized spacial score (nSPS) is 25.2. The molecule has 12 aliphatic rings. The number of aromatic nitrogens is 4. The summed E-state index contributed by atoms with van der Waals surface area (Å²) in [6, 6.07) is 22.8. The Morgan fingerprint density at radius 2 is 0.928 bits per heavy atom. The van der Waals surface area contributed by atoms with Crippen molar-refractivity contribution in [2.75, 3.05) is 89.8 Å². The number of amides is 12. The van der Waals surface area contributed by atoms with E-state index < -0.39 is 90.8 Å². The number of ketones is 1. The van der Waals surface area contributed by atoms with E-state index in [-0.39, 0.29) is 123 Å². The van der Waals surface area contributed by atoms with Crippen LogP contribution in [-0.2, 0) is 59.7 Å². The van der Waals surface area contributed by atoms with Crippen LogP contribution in [0.1, 0.15) is 202 Å². The maximum Gasteiger partial charge on any atom is 0.271 e. The standard InChI is InChI=1S/C44H51N9O8S.C25H33N7O4S.C18H17N3O5/c1-62(60,61)32-9-4-25(5-10-32)19-35-39(40(45)55)46-23-37(48-35)51-16-2-3-27(24-51)47-41(56)26-20-30-6-7-31(21-26)52(30)28-14-17-50(18-15-28)29-8-11-33-34(22-29)44(59)53(43(33)58)36-12-13-38(54)49-42(36)57;1-37(35,36)20-8-6-16(7-9-20)29-24-22(23(26)33)27-13-21(31-24)32-10-2-3-19(14-32)30-25(34)15-11-17-4-5-18(12-15)28-17;22-11-5-7-20(8-6-11)10-1-2-12-13(9-10)18(26)21(17(12)25)14-3-4-15(23)19-16(14)24/h4-5,8-11,22-23,26-28,30-31,36H,2-3,6-7,12-21,24H2,1H3,(H2,45,55)(H,47,56)(H,49,54,57);6-9,13,15,17-19,28H,2-5,10-12,14H2,1H3,(H2,26,33)(H,29,31)(H,30,34);1-2,9,14H,3-8H2,(H,19,23,24)/t26?,27-,30?,31?,36?;15?,17?,18?,19-;/m11./s1. The van der Waals surface area contributed by atoms with Crippen molar-refractivity contribution in [3.63, 3.8) is 0 Å². The van der Waals surface area contributed by atoms with E-state index in [9.17, 15) is 79.2 Å². The third-order valence-corrected chi connectivity index (χ3v) is 28.6. The predicted molar refractivity (Wildman–Crippen MR) is 455 cm³/mol. The fourth-order valence-electron chi connectivity index (χ4n) is 20.0. The second-order valence-corrected chi connectivity index (χ2v) is 38.7. The molecule has 0 radical (unpaired) electrons. The Hall–Kier alpha value is -12.0. The topological polar surface area (TPSA) is 489 Å². The second-order valence-electron chi connectivity index (χ2n) is 34.7. The lowest BCUT2D eigenvalue weighted by atomic mass is 9.86. The van der Waals surface area contributed by atoms with Gasteiger partial charge in [0.2, 0.25) is 35.4 Å². The van der Waals surface area contributed by atoms with Gasteiger partial charge in [0.05, 0.1) is 50.1 Å². The summed E-state index contributed by atoms with van der Waals surface area (Å²) in [6.07, 6.45) is 20.2. The number of piperidine rings is 8. The average molecular weight is 1750 g/mol. The minimum atomic E-state index is -3.36.